The third-order valence-corrected chi connectivity index (χ3v) is 5.76. The minimum absolute atomic E-state index is 0.0382. The number of carbonyl (C=O) groups is 1. The summed E-state index contributed by atoms with van der Waals surface area (Å²) in [5.41, 5.74) is 1.29. The Morgan fingerprint density at radius 1 is 1.33 bits per heavy atom. The fourth-order valence-electron chi connectivity index (χ4n) is 3.18. The average molecular weight is 347 g/mol. The fourth-order valence-corrected chi connectivity index (χ4v) is 4.33. The molecule has 1 aliphatic carbocycles. The third-order valence-electron chi connectivity index (χ3n) is 4.54. The molecule has 0 saturated heterocycles. The van der Waals surface area contributed by atoms with Crippen molar-refractivity contribution in [2.45, 2.75) is 64.8 Å². The SMILES string of the molecule is CC(C)c1nccn1[C@@H](C)C(=O)NCCc1nc2c(s1)CCCC2. The van der Waals surface area contributed by atoms with Crippen molar-refractivity contribution in [3.8, 4) is 0 Å². The van der Waals surface area contributed by atoms with E-state index in [0.717, 1.165) is 23.7 Å². The molecule has 130 valence electrons. The number of rotatable bonds is 6. The number of carbonyl (C=O) groups excluding carboxylic acids is 1. The first kappa shape index (κ1) is 17.1. The van der Waals surface area contributed by atoms with Crippen LogP contribution in [0.5, 0.6) is 0 Å². The molecular weight excluding hydrogens is 320 g/mol. The molecular formula is C18H26N4OS. The average Bonchev–Trinajstić information content (AvgIpc) is 3.20. The molecule has 6 heteroatoms. The minimum Gasteiger partial charge on any atom is -0.354 e. The first-order valence-electron chi connectivity index (χ1n) is 8.84. The highest BCUT2D eigenvalue weighted by Gasteiger charge is 2.19. The Morgan fingerprint density at radius 2 is 2.12 bits per heavy atom. The van der Waals surface area contributed by atoms with Gasteiger partial charge in [0.05, 0.1) is 10.7 Å². The Kier molecular flexibility index (Phi) is 5.33. The van der Waals surface area contributed by atoms with E-state index in [4.69, 9.17) is 4.98 Å². The highest BCUT2D eigenvalue weighted by Crippen LogP contribution is 2.26. The first-order chi connectivity index (χ1) is 11.6. The first-order valence-corrected chi connectivity index (χ1v) is 9.65. The molecule has 0 bridgehead atoms. The van der Waals surface area contributed by atoms with Crippen LogP contribution in [0.15, 0.2) is 12.4 Å². The number of aryl methyl sites for hydroxylation is 2. The maximum absolute atomic E-state index is 12.4. The van der Waals surface area contributed by atoms with Gasteiger partial charge in [0.1, 0.15) is 11.9 Å². The molecule has 0 saturated carbocycles. The van der Waals surface area contributed by atoms with Crippen molar-refractivity contribution in [2.24, 2.45) is 0 Å². The van der Waals surface area contributed by atoms with Gasteiger partial charge in [0.2, 0.25) is 5.91 Å². The molecule has 1 N–H and O–H groups in total. The van der Waals surface area contributed by atoms with Gasteiger partial charge in [-0.1, -0.05) is 13.8 Å². The molecule has 0 aliphatic heterocycles. The fraction of sp³-hybridized carbons (Fsp3) is 0.611. The number of hydrogen-bond donors (Lipinski definition) is 1. The molecule has 0 radical (unpaired) electrons. The lowest BCUT2D eigenvalue weighted by Crippen LogP contribution is -2.33. The molecule has 1 aliphatic rings. The highest BCUT2D eigenvalue weighted by atomic mass is 32.1. The van der Waals surface area contributed by atoms with Crippen LogP contribution in [0.2, 0.25) is 0 Å². The molecule has 5 nitrogen and oxygen atoms in total. The van der Waals surface area contributed by atoms with Gasteiger partial charge in [0.15, 0.2) is 0 Å². The maximum Gasteiger partial charge on any atom is 0.242 e. The second-order valence-corrected chi connectivity index (χ2v) is 7.92. The molecule has 0 aromatic carbocycles. The molecule has 1 amide bonds. The third kappa shape index (κ3) is 3.69. The number of thiazole rings is 1. The molecule has 2 aromatic rings. The normalized spacial score (nSPS) is 15.3. The van der Waals surface area contributed by atoms with Crippen molar-refractivity contribution < 1.29 is 4.79 Å². The van der Waals surface area contributed by atoms with Crippen LogP contribution in [-0.2, 0) is 24.1 Å². The summed E-state index contributed by atoms with van der Waals surface area (Å²) in [7, 11) is 0. The lowest BCUT2D eigenvalue weighted by Gasteiger charge is -2.17. The zero-order valence-electron chi connectivity index (χ0n) is 14.7. The van der Waals surface area contributed by atoms with Crippen LogP contribution < -0.4 is 5.32 Å². The Hall–Kier alpha value is -1.69. The van der Waals surface area contributed by atoms with Crippen LogP contribution >= 0.6 is 11.3 Å². The van der Waals surface area contributed by atoms with E-state index in [9.17, 15) is 4.79 Å². The van der Waals surface area contributed by atoms with E-state index in [1.165, 1.54) is 29.8 Å². The summed E-state index contributed by atoms with van der Waals surface area (Å²) in [5.74, 6) is 1.29. The molecule has 2 heterocycles. The Balaban J connectivity index is 1.53. The second kappa shape index (κ2) is 7.47. The number of hydrogen-bond acceptors (Lipinski definition) is 4. The van der Waals surface area contributed by atoms with Crippen molar-refractivity contribution in [1.29, 1.82) is 0 Å². The quantitative estimate of drug-likeness (QED) is 0.873. The molecule has 0 spiro atoms. The highest BCUT2D eigenvalue weighted by molar-refractivity contribution is 7.11. The number of nitrogens with one attached hydrogen (secondary N) is 1. The summed E-state index contributed by atoms with van der Waals surface area (Å²) in [6.45, 7) is 6.74. The minimum atomic E-state index is -0.241. The summed E-state index contributed by atoms with van der Waals surface area (Å²) in [5, 5.41) is 4.20. The van der Waals surface area contributed by atoms with Gasteiger partial charge in [-0.3, -0.25) is 4.79 Å². The molecule has 0 unspecified atom stereocenters. The van der Waals surface area contributed by atoms with Crippen molar-refractivity contribution in [1.82, 2.24) is 19.9 Å². The van der Waals surface area contributed by atoms with Crippen LogP contribution in [0.1, 0.15) is 67.0 Å². The van der Waals surface area contributed by atoms with Crippen LogP contribution in [0.25, 0.3) is 0 Å². The van der Waals surface area contributed by atoms with E-state index in [1.807, 2.05) is 29.0 Å². The van der Waals surface area contributed by atoms with E-state index in [0.29, 0.717) is 12.5 Å². The van der Waals surface area contributed by atoms with Gasteiger partial charge < -0.3 is 9.88 Å². The Labute approximate surface area is 147 Å². The zero-order valence-corrected chi connectivity index (χ0v) is 15.5. The van der Waals surface area contributed by atoms with Crippen molar-refractivity contribution in [3.05, 3.63) is 33.8 Å². The number of amides is 1. The molecule has 1 atom stereocenters. The number of nitrogens with zero attached hydrogens (tertiary/aromatic N) is 3. The van der Waals surface area contributed by atoms with E-state index in [1.54, 1.807) is 6.20 Å². The van der Waals surface area contributed by atoms with Gasteiger partial charge in [-0.15, -0.1) is 11.3 Å². The van der Waals surface area contributed by atoms with Crippen molar-refractivity contribution in [3.63, 3.8) is 0 Å². The number of imidazole rings is 1. The van der Waals surface area contributed by atoms with Crippen molar-refractivity contribution in [2.75, 3.05) is 6.54 Å². The molecule has 24 heavy (non-hydrogen) atoms. The summed E-state index contributed by atoms with van der Waals surface area (Å²) in [6.07, 6.45) is 9.30. The zero-order chi connectivity index (χ0) is 17.1. The largest absolute Gasteiger partial charge is 0.354 e. The number of fused-ring (bicyclic) bond motifs is 1. The Bertz CT molecular complexity index is 680. The predicted molar refractivity (Wildman–Crippen MR) is 96.5 cm³/mol. The van der Waals surface area contributed by atoms with E-state index in [2.05, 4.69) is 24.1 Å². The van der Waals surface area contributed by atoms with Crippen LogP contribution in [-0.4, -0.2) is 27.0 Å². The summed E-state index contributed by atoms with van der Waals surface area (Å²) < 4.78 is 1.96. The maximum atomic E-state index is 12.4. The Morgan fingerprint density at radius 3 is 2.88 bits per heavy atom. The summed E-state index contributed by atoms with van der Waals surface area (Å²) in [6, 6.07) is -0.241. The standard InChI is InChI=1S/C18H26N4OS/c1-12(2)17-19-10-11-22(17)13(3)18(23)20-9-8-16-21-14-6-4-5-7-15(14)24-16/h10-13H,4-9H2,1-3H3,(H,20,23)/t13-/m0/s1. The molecule has 3 rings (SSSR count). The van der Waals surface area contributed by atoms with Gasteiger partial charge >= 0.3 is 0 Å². The summed E-state index contributed by atoms with van der Waals surface area (Å²) >= 11 is 1.82. The molecule has 0 fully saturated rings. The number of aromatic nitrogens is 3. The topological polar surface area (TPSA) is 59.8 Å². The predicted octanol–water partition coefficient (Wildman–Crippen LogP) is 3.26. The van der Waals surface area contributed by atoms with Gasteiger partial charge in [-0.2, -0.15) is 0 Å². The lowest BCUT2D eigenvalue weighted by molar-refractivity contribution is -0.123. The van der Waals surface area contributed by atoms with Crippen LogP contribution in [0.4, 0.5) is 0 Å². The smallest absolute Gasteiger partial charge is 0.242 e. The lowest BCUT2D eigenvalue weighted by atomic mass is 10.0. The summed E-state index contributed by atoms with van der Waals surface area (Å²) in [4.78, 5) is 23.0. The van der Waals surface area contributed by atoms with Gasteiger partial charge in [0.25, 0.3) is 0 Å². The molecule has 2 aromatic heterocycles. The monoisotopic (exact) mass is 346 g/mol. The van der Waals surface area contributed by atoms with Crippen molar-refractivity contribution >= 4 is 17.2 Å². The van der Waals surface area contributed by atoms with E-state index < -0.39 is 0 Å². The van der Waals surface area contributed by atoms with Gasteiger partial charge in [-0.25, -0.2) is 9.97 Å². The van der Waals surface area contributed by atoms with Crippen LogP contribution in [0, 0.1) is 0 Å². The van der Waals surface area contributed by atoms with E-state index in [-0.39, 0.29) is 11.9 Å². The van der Waals surface area contributed by atoms with Gasteiger partial charge in [-0.05, 0) is 32.6 Å². The van der Waals surface area contributed by atoms with Gasteiger partial charge in [0, 0.05) is 36.2 Å². The second-order valence-electron chi connectivity index (χ2n) is 6.75. The van der Waals surface area contributed by atoms with E-state index >= 15 is 0 Å². The van der Waals surface area contributed by atoms with Crippen LogP contribution in [0.3, 0.4) is 0 Å².